The highest BCUT2D eigenvalue weighted by Gasteiger charge is 2.12. The van der Waals surface area contributed by atoms with Gasteiger partial charge < -0.3 is 10.4 Å². The molecule has 7 heteroatoms. The number of hydrogen-bond acceptors (Lipinski definition) is 4. The molecule has 0 atom stereocenters. The molecule has 1 aromatic carbocycles. The Balaban J connectivity index is 2.12. The quantitative estimate of drug-likeness (QED) is 0.831. The molecule has 0 aliphatic rings. The topological polar surface area (TPSA) is 79.3 Å². The van der Waals surface area contributed by atoms with E-state index >= 15 is 0 Å². The van der Waals surface area contributed by atoms with Gasteiger partial charge in [-0.1, -0.05) is 6.07 Å². The molecular weight excluding hydrogens is 295 g/mol. The number of carbonyl (C=O) groups excluding carboxylic acids is 1. The van der Waals surface area contributed by atoms with Crippen molar-refractivity contribution in [3.05, 3.63) is 57.8 Å². The SMILES string of the molecule is O=C(O)C=Cc1ccc(F)c(C(=O)NCc2nccs2)c1. The minimum Gasteiger partial charge on any atom is -0.478 e. The fourth-order valence-electron chi connectivity index (χ4n) is 1.58. The van der Waals surface area contributed by atoms with E-state index in [1.54, 1.807) is 11.6 Å². The number of aliphatic carboxylic acids is 1. The lowest BCUT2D eigenvalue weighted by Gasteiger charge is -2.05. The van der Waals surface area contributed by atoms with Crippen molar-refractivity contribution < 1.29 is 19.1 Å². The Bertz CT molecular complexity index is 684. The Labute approximate surface area is 123 Å². The highest BCUT2D eigenvalue weighted by molar-refractivity contribution is 7.09. The number of amides is 1. The number of carboxylic acid groups (broad SMARTS) is 1. The number of thiazole rings is 1. The van der Waals surface area contributed by atoms with Gasteiger partial charge in [-0.2, -0.15) is 0 Å². The number of aromatic nitrogens is 1. The molecule has 0 aliphatic heterocycles. The normalized spacial score (nSPS) is 10.7. The molecule has 2 aromatic rings. The first kappa shape index (κ1) is 14.9. The van der Waals surface area contributed by atoms with Crippen LogP contribution in [-0.2, 0) is 11.3 Å². The number of nitrogens with zero attached hydrogens (tertiary/aromatic N) is 1. The maximum Gasteiger partial charge on any atom is 0.328 e. The molecule has 0 aliphatic carbocycles. The van der Waals surface area contributed by atoms with Crippen molar-refractivity contribution in [2.75, 3.05) is 0 Å². The zero-order chi connectivity index (χ0) is 15.2. The molecule has 2 N–H and O–H groups in total. The highest BCUT2D eigenvalue weighted by atomic mass is 32.1. The zero-order valence-electron chi connectivity index (χ0n) is 10.7. The van der Waals surface area contributed by atoms with E-state index in [1.165, 1.54) is 29.5 Å². The molecule has 5 nitrogen and oxygen atoms in total. The minimum atomic E-state index is -1.12. The third-order valence-electron chi connectivity index (χ3n) is 2.54. The average molecular weight is 306 g/mol. The number of carboxylic acids is 1. The molecule has 108 valence electrons. The number of halogens is 1. The number of hydrogen-bond donors (Lipinski definition) is 2. The molecule has 0 radical (unpaired) electrons. The largest absolute Gasteiger partial charge is 0.478 e. The van der Waals surface area contributed by atoms with Gasteiger partial charge in [-0.3, -0.25) is 4.79 Å². The van der Waals surface area contributed by atoms with Crippen LogP contribution >= 0.6 is 11.3 Å². The van der Waals surface area contributed by atoms with Crippen LogP contribution in [0.2, 0.25) is 0 Å². The van der Waals surface area contributed by atoms with Crippen molar-refractivity contribution >= 4 is 29.3 Å². The fraction of sp³-hybridized carbons (Fsp3) is 0.0714. The molecule has 0 fully saturated rings. The van der Waals surface area contributed by atoms with Gasteiger partial charge in [0.25, 0.3) is 5.91 Å². The van der Waals surface area contributed by atoms with Crippen LogP contribution < -0.4 is 5.32 Å². The lowest BCUT2D eigenvalue weighted by Crippen LogP contribution is -2.23. The van der Waals surface area contributed by atoms with E-state index in [-0.39, 0.29) is 12.1 Å². The summed E-state index contributed by atoms with van der Waals surface area (Å²) in [5, 5.41) is 13.6. The fourth-order valence-corrected chi connectivity index (χ4v) is 2.14. The van der Waals surface area contributed by atoms with Gasteiger partial charge in [0.2, 0.25) is 0 Å². The Morgan fingerprint density at radius 3 is 2.90 bits per heavy atom. The predicted molar refractivity (Wildman–Crippen MR) is 76.4 cm³/mol. The standard InChI is InChI=1S/C14H11FN2O3S/c15-11-3-1-9(2-4-13(18)19)7-10(11)14(20)17-8-12-16-5-6-21-12/h1-7H,8H2,(H,17,20)(H,18,19). The van der Waals surface area contributed by atoms with Crippen LogP contribution in [0.5, 0.6) is 0 Å². The number of rotatable bonds is 5. The van der Waals surface area contributed by atoms with Crippen LogP contribution in [0.25, 0.3) is 6.08 Å². The Morgan fingerprint density at radius 2 is 2.24 bits per heavy atom. The molecule has 1 amide bonds. The van der Waals surface area contributed by atoms with E-state index in [0.717, 1.165) is 12.1 Å². The van der Waals surface area contributed by atoms with Gasteiger partial charge in [0.05, 0.1) is 12.1 Å². The molecule has 0 saturated carbocycles. The van der Waals surface area contributed by atoms with Crippen molar-refractivity contribution in [3.63, 3.8) is 0 Å². The van der Waals surface area contributed by atoms with Crippen LogP contribution in [0, 0.1) is 5.82 Å². The summed E-state index contributed by atoms with van der Waals surface area (Å²) in [5.74, 6) is -2.36. The van der Waals surface area contributed by atoms with E-state index in [9.17, 15) is 14.0 Å². The maximum absolute atomic E-state index is 13.7. The third kappa shape index (κ3) is 4.22. The zero-order valence-corrected chi connectivity index (χ0v) is 11.6. The van der Waals surface area contributed by atoms with Gasteiger partial charge in [-0.15, -0.1) is 11.3 Å². The predicted octanol–water partition coefficient (Wildman–Crippen LogP) is 2.31. The second kappa shape index (κ2) is 6.76. The summed E-state index contributed by atoms with van der Waals surface area (Å²) < 4.78 is 13.7. The number of carbonyl (C=O) groups is 2. The first-order valence-corrected chi connectivity index (χ1v) is 6.81. The first-order valence-electron chi connectivity index (χ1n) is 5.93. The van der Waals surface area contributed by atoms with Crippen molar-refractivity contribution in [1.29, 1.82) is 0 Å². The van der Waals surface area contributed by atoms with Gasteiger partial charge in [-0.25, -0.2) is 14.2 Å². The van der Waals surface area contributed by atoms with Crippen LogP contribution in [0.4, 0.5) is 4.39 Å². The summed E-state index contributed by atoms with van der Waals surface area (Å²) >= 11 is 1.38. The van der Waals surface area contributed by atoms with E-state index in [0.29, 0.717) is 10.6 Å². The molecule has 0 spiro atoms. The van der Waals surface area contributed by atoms with E-state index in [1.807, 2.05) is 0 Å². The summed E-state index contributed by atoms with van der Waals surface area (Å²) in [7, 11) is 0. The van der Waals surface area contributed by atoms with Crippen molar-refractivity contribution in [1.82, 2.24) is 10.3 Å². The van der Waals surface area contributed by atoms with Crippen LogP contribution in [0.3, 0.4) is 0 Å². The second-order valence-electron chi connectivity index (χ2n) is 4.02. The molecule has 1 heterocycles. The lowest BCUT2D eigenvalue weighted by molar-refractivity contribution is -0.131. The Morgan fingerprint density at radius 1 is 1.43 bits per heavy atom. The van der Waals surface area contributed by atoms with Crippen molar-refractivity contribution in [2.24, 2.45) is 0 Å². The van der Waals surface area contributed by atoms with Crippen LogP contribution in [0.1, 0.15) is 20.9 Å². The highest BCUT2D eigenvalue weighted by Crippen LogP contribution is 2.13. The summed E-state index contributed by atoms with van der Waals surface area (Å²) in [6.45, 7) is 0.213. The van der Waals surface area contributed by atoms with Gasteiger partial charge >= 0.3 is 5.97 Å². The van der Waals surface area contributed by atoms with Crippen molar-refractivity contribution in [3.8, 4) is 0 Å². The summed E-state index contributed by atoms with van der Waals surface area (Å²) in [6, 6.07) is 3.82. The maximum atomic E-state index is 13.7. The van der Waals surface area contributed by atoms with Gasteiger partial charge in [0.15, 0.2) is 0 Å². The molecule has 21 heavy (non-hydrogen) atoms. The summed E-state index contributed by atoms with van der Waals surface area (Å²) in [4.78, 5) is 26.4. The first-order chi connectivity index (χ1) is 10.1. The summed E-state index contributed by atoms with van der Waals surface area (Å²) in [5.41, 5.74) is 0.289. The van der Waals surface area contributed by atoms with E-state index < -0.39 is 17.7 Å². The van der Waals surface area contributed by atoms with Crippen LogP contribution in [-0.4, -0.2) is 22.0 Å². The average Bonchev–Trinajstić information content (AvgIpc) is 2.97. The van der Waals surface area contributed by atoms with E-state index in [2.05, 4.69) is 10.3 Å². The number of nitrogens with one attached hydrogen (secondary N) is 1. The number of benzene rings is 1. The summed E-state index contributed by atoms with van der Waals surface area (Å²) in [6.07, 6.45) is 3.83. The molecule has 0 saturated heterocycles. The van der Waals surface area contributed by atoms with Gasteiger partial charge in [0.1, 0.15) is 10.8 Å². The van der Waals surface area contributed by atoms with Crippen LogP contribution in [0.15, 0.2) is 35.9 Å². The van der Waals surface area contributed by atoms with Gasteiger partial charge in [-0.05, 0) is 23.8 Å². The third-order valence-corrected chi connectivity index (χ3v) is 3.32. The Kier molecular flexibility index (Phi) is 4.78. The second-order valence-corrected chi connectivity index (χ2v) is 5.00. The molecule has 2 rings (SSSR count). The van der Waals surface area contributed by atoms with E-state index in [4.69, 9.17) is 5.11 Å². The Hall–Kier alpha value is -2.54. The smallest absolute Gasteiger partial charge is 0.328 e. The van der Waals surface area contributed by atoms with Gasteiger partial charge in [0, 0.05) is 17.7 Å². The molecule has 0 bridgehead atoms. The molecule has 1 aromatic heterocycles. The van der Waals surface area contributed by atoms with Crippen molar-refractivity contribution in [2.45, 2.75) is 6.54 Å². The minimum absolute atomic E-state index is 0.140. The molecular formula is C14H11FN2O3S. The lowest BCUT2D eigenvalue weighted by atomic mass is 10.1. The monoisotopic (exact) mass is 306 g/mol. The molecule has 0 unspecified atom stereocenters.